The van der Waals surface area contributed by atoms with Crippen molar-refractivity contribution >= 4 is 0 Å². The molecule has 0 bridgehead atoms. The maximum absolute atomic E-state index is 10.4. The first-order valence-corrected chi connectivity index (χ1v) is 8.21. The zero-order valence-electron chi connectivity index (χ0n) is 13.5. The molecular formula is C17H33NO. The smallest absolute Gasteiger partial charge is 0.0695 e. The van der Waals surface area contributed by atoms with Crippen LogP contribution in [0.2, 0.25) is 0 Å². The van der Waals surface area contributed by atoms with E-state index in [1.807, 2.05) is 0 Å². The van der Waals surface area contributed by atoms with Gasteiger partial charge < -0.3 is 5.11 Å². The van der Waals surface area contributed by atoms with Gasteiger partial charge in [-0.3, -0.25) is 4.90 Å². The van der Waals surface area contributed by atoms with Crippen molar-refractivity contribution in [1.29, 1.82) is 0 Å². The predicted octanol–water partition coefficient (Wildman–Crippen LogP) is 3.54. The quantitative estimate of drug-likeness (QED) is 0.827. The third kappa shape index (κ3) is 3.52. The van der Waals surface area contributed by atoms with Crippen LogP contribution in [0.1, 0.15) is 60.3 Å². The Morgan fingerprint density at radius 1 is 1.11 bits per heavy atom. The van der Waals surface area contributed by atoms with Gasteiger partial charge in [-0.2, -0.15) is 0 Å². The molecule has 1 aliphatic carbocycles. The van der Waals surface area contributed by atoms with Crippen molar-refractivity contribution in [2.75, 3.05) is 13.1 Å². The summed E-state index contributed by atoms with van der Waals surface area (Å²) in [7, 11) is 0. The summed E-state index contributed by atoms with van der Waals surface area (Å²) < 4.78 is 0. The Morgan fingerprint density at radius 2 is 1.79 bits per heavy atom. The first-order valence-electron chi connectivity index (χ1n) is 8.21. The summed E-state index contributed by atoms with van der Waals surface area (Å²) in [6, 6.07) is 0.425. The van der Waals surface area contributed by atoms with Crippen molar-refractivity contribution in [3.8, 4) is 0 Å². The van der Waals surface area contributed by atoms with Crippen molar-refractivity contribution in [3.63, 3.8) is 0 Å². The zero-order valence-corrected chi connectivity index (χ0v) is 13.5. The molecule has 19 heavy (non-hydrogen) atoms. The number of rotatable bonds is 2. The molecule has 0 aromatic heterocycles. The van der Waals surface area contributed by atoms with Gasteiger partial charge in [0, 0.05) is 12.6 Å². The zero-order chi connectivity index (χ0) is 14.2. The SMILES string of the molecule is CC(C)C1CCC(O)C(N2CCC(C(C)(C)C)C2)C1. The highest BCUT2D eigenvalue weighted by Crippen LogP contribution is 2.38. The van der Waals surface area contributed by atoms with Gasteiger partial charge >= 0.3 is 0 Å². The largest absolute Gasteiger partial charge is 0.391 e. The molecule has 0 aromatic rings. The Balaban J connectivity index is 1.97. The summed E-state index contributed by atoms with van der Waals surface area (Å²) in [5.74, 6) is 2.36. The van der Waals surface area contributed by atoms with Gasteiger partial charge in [-0.1, -0.05) is 34.6 Å². The van der Waals surface area contributed by atoms with Crippen LogP contribution in [0.15, 0.2) is 0 Å². The molecular weight excluding hydrogens is 234 g/mol. The molecule has 0 radical (unpaired) electrons. The summed E-state index contributed by atoms with van der Waals surface area (Å²) >= 11 is 0. The highest BCUT2D eigenvalue weighted by atomic mass is 16.3. The number of hydrogen-bond acceptors (Lipinski definition) is 2. The molecule has 1 heterocycles. The van der Waals surface area contributed by atoms with Crippen LogP contribution in [0, 0.1) is 23.2 Å². The van der Waals surface area contributed by atoms with Crippen LogP contribution in [0.3, 0.4) is 0 Å². The molecule has 112 valence electrons. The Morgan fingerprint density at radius 3 is 2.32 bits per heavy atom. The molecule has 0 spiro atoms. The summed E-state index contributed by atoms with van der Waals surface area (Å²) in [5.41, 5.74) is 0.409. The van der Waals surface area contributed by atoms with E-state index in [0.717, 1.165) is 24.2 Å². The Labute approximate surface area is 119 Å². The maximum Gasteiger partial charge on any atom is 0.0695 e. The lowest BCUT2D eigenvalue weighted by atomic mass is 9.77. The maximum atomic E-state index is 10.4. The van der Waals surface area contributed by atoms with Gasteiger partial charge in [0.1, 0.15) is 0 Å². The van der Waals surface area contributed by atoms with Crippen molar-refractivity contribution < 1.29 is 5.11 Å². The van der Waals surface area contributed by atoms with E-state index in [1.54, 1.807) is 0 Å². The number of hydrogen-bond donors (Lipinski definition) is 1. The normalized spacial score (nSPS) is 38.1. The third-order valence-electron chi connectivity index (χ3n) is 5.68. The van der Waals surface area contributed by atoms with E-state index in [0.29, 0.717) is 11.5 Å². The minimum atomic E-state index is -0.0891. The fourth-order valence-electron chi connectivity index (χ4n) is 3.96. The fourth-order valence-corrected chi connectivity index (χ4v) is 3.96. The summed E-state index contributed by atoms with van der Waals surface area (Å²) in [4.78, 5) is 2.59. The van der Waals surface area contributed by atoms with E-state index in [4.69, 9.17) is 0 Å². The highest BCUT2D eigenvalue weighted by Gasteiger charge is 2.39. The second kappa shape index (κ2) is 5.73. The summed E-state index contributed by atoms with van der Waals surface area (Å²) in [6.45, 7) is 14.1. The van der Waals surface area contributed by atoms with Gasteiger partial charge in [0.2, 0.25) is 0 Å². The van der Waals surface area contributed by atoms with Gasteiger partial charge in [0.15, 0.2) is 0 Å². The van der Waals surface area contributed by atoms with Crippen LogP contribution in [-0.4, -0.2) is 35.2 Å². The number of nitrogens with zero attached hydrogens (tertiary/aromatic N) is 1. The average Bonchev–Trinajstić information content (AvgIpc) is 2.78. The minimum Gasteiger partial charge on any atom is -0.391 e. The lowest BCUT2D eigenvalue weighted by molar-refractivity contribution is 0.00168. The first-order chi connectivity index (χ1) is 8.79. The van der Waals surface area contributed by atoms with Crippen molar-refractivity contribution in [2.45, 2.75) is 72.4 Å². The number of likely N-dealkylation sites (tertiary alicyclic amines) is 1. The number of aliphatic hydroxyl groups excluding tert-OH is 1. The van der Waals surface area contributed by atoms with Crippen LogP contribution < -0.4 is 0 Å². The van der Waals surface area contributed by atoms with E-state index in [1.165, 1.54) is 32.4 Å². The Bertz CT molecular complexity index is 294. The molecule has 2 heteroatoms. The van der Waals surface area contributed by atoms with Gasteiger partial charge in [-0.05, 0) is 55.4 Å². The fraction of sp³-hybridized carbons (Fsp3) is 1.00. The molecule has 1 saturated heterocycles. The molecule has 2 rings (SSSR count). The Kier molecular flexibility index (Phi) is 4.62. The molecule has 4 atom stereocenters. The molecule has 2 nitrogen and oxygen atoms in total. The molecule has 1 aliphatic heterocycles. The third-order valence-corrected chi connectivity index (χ3v) is 5.68. The second-order valence-corrected chi connectivity index (χ2v) is 8.30. The Hall–Kier alpha value is -0.0800. The van der Waals surface area contributed by atoms with Crippen LogP contribution in [0.4, 0.5) is 0 Å². The predicted molar refractivity (Wildman–Crippen MR) is 81.1 cm³/mol. The van der Waals surface area contributed by atoms with Crippen molar-refractivity contribution in [3.05, 3.63) is 0 Å². The molecule has 1 N–H and O–H groups in total. The molecule has 2 fully saturated rings. The molecule has 1 saturated carbocycles. The monoisotopic (exact) mass is 267 g/mol. The van der Waals surface area contributed by atoms with E-state index in [-0.39, 0.29) is 6.10 Å². The van der Waals surface area contributed by atoms with Crippen LogP contribution >= 0.6 is 0 Å². The summed E-state index contributed by atoms with van der Waals surface area (Å²) in [5, 5.41) is 10.4. The molecule has 0 aromatic carbocycles. The highest BCUT2D eigenvalue weighted by molar-refractivity contribution is 4.93. The minimum absolute atomic E-state index is 0.0891. The molecule has 2 aliphatic rings. The second-order valence-electron chi connectivity index (χ2n) is 8.30. The topological polar surface area (TPSA) is 23.5 Å². The van der Waals surface area contributed by atoms with Crippen molar-refractivity contribution in [2.24, 2.45) is 23.2 Å². The lowest BCUT2D eigenvalue weighted by Crippen LogP contribution is -2.47. The van der Waals surface area contributed by atoms with Crippen LogP contribution in [-0.2, 0) is 0 Å². The van der Waals surface area contributed by atoms with Gasteiger partial charge in [0.25, 0.3) is 0 Å². The van der Waals surface area contributed by atoms with E-state index in [2.05, 4.69) is 39.5 Å². The number of aliphatic hydroxyl groups is 1. The molecule has 0 amide bonds. The van der Waals surface area contributed by atoms with E-state index < -0.39 is 0 Å². The van der Waals surface area contributed by atoms with Gasteiger partial charge in [0.05, 0.1) is 6.10 Å². The van der Waals surface area contributed by atoms with Crippen LogP contribution in [0.25, 0.3) is 0 Å². The lowest BCUT2D eigenvalue weighted by Gasteiger charge is -2.40. The summed E-state index contributed by atoms with van der Waals surface area (Å²) in [6.07, 6.45) is 4.64. The van der Waals surface area contributed by atoms with E-state index in [9.17, 15) is 5.11 Å². The standard InChI is InChI=1S/C17H33NO/c1-12(2)13-6-7-16(19)15(10-13)18-9-8-14(11-18)17(3,4)5/h12-16,19H,6-11H2,1-5H3. The average molecular weight is 267 g/mol. The van der Waals surface area contributed by atoms with Gasteiger partial charge in [-0.15, -0.1) is 0 Å². The van der Waals surface area contributed by atoms with E-state index >= 15 is 0 Å². The molecule has 4 unspecified atom stereocenters. The van der Waals surface area contributed by atoms with Crippen molar-refractivity contribution in [1.82, 2.24) is 4.90 Å². The van der Waals surface area contributed by atoms with Gasteiger partial charge in [-0.25, -0.2) is 0 Å². The van der Waals surface area contributed by atoms with Crippen LogP contribution in [0.5, 0.6) is 0 Å². The first kappa shape index (κ1) is 15.3.